The van der Waals surface area contributed by atoms with Gasteiger partial charge in [-0.3, -0.25) is 0 Å². The Labute approximate surface area is 79.2 Å². The van der Waals surface area contributed by atoms with Crippen LogP contribution in [0.1, 0.15) is 44.4 Å². The summed E-state index contributed by atoms with van der Waals surface area (Å²) >= 11 is 0. The van der Waals surface area contributed by atoms with Crippen LogP contribution in [0.3, 0.4) is 0 Å². The van der Waals surface area contributed by atoms with Gasteiger partial charge in [0.05, 0.1) is 0 Å². The Hall–Kier alpha value is -0.860. The molecular weight excluding hydrogens is 162 g/mol. The van der Waals surface area contributed by atoms with Crippen molar-refractivity contribution < 1.29 is 0 Å². The van der Waals surface area contributed by atoms with E-state index in [1.54, 1.807) is 0 Å². The number of hydrogen-bond donors (Lipinski definition) is 0. The van der Waals surface area contributed by atoms with Crippen LogP contribution in [-0.4, -0.2) is 14.8 Å². The Kier molecular flexibility index (Phi) is 2.10. The molecule has 1 aliphatic heterocycles. The first kappa shape index (κ1) is 8.73. The standard InChI is InChI=1S/C10H17N3/c1-7(2)6-9-4-5-10-12-11-8(3)13(9)10/h7,9H,4-6H2,1-3H3. The largest absolute Gasteiger partial charge is 0.312 e. The van der Waals surface area contributed by atoms with Crippen LogP contribution in [-0.2, 0) is 6.42 Å². The minimum atomic E-state index is 0.657. The molecule has 3 nitrogen and oxygen atoms in total. The molecule has 3 heteroatoms. The van der Waals surface area contributed by atoms with Gasteiger partial charge in [0.25, 0.3) is 0 Å². The van der Waals surface area contributed by atoms with E-state index in [1.807, 2.05) is 0 Å². The number of fused-ring (bicyclic) bond motifs is 1. The number of aryl methyl sites for hydroxylation is 2. The average Bonchev–Trinajstić information content (AvgIpc) is 2.56. The first-order chi connectivity index (χ1) is 6.18. The normalized spacial score (nSPS) is 21.1. The van der Waals surface area contributed by atoms with Crippen molar-refractivity contribution in [3.05, 3.63) is 11.6 Å². The summed E-state index contributed by atoms with van der Waals surface area (Å²) < 4.78 is 2.32. The summed E-state index contributed by atoms with van der Waals surface area (Å²) in [7, 11) is 0. The molecule has 0 saturated heterocycles. The Morgan fingerprint density at radius 2 is 2.23 bits per heavy atom. The van der Waals surface area contributed by atoms with Crippen molar-refractivity contribution in [3.8, 4) is 0 Å². The van der Waals surface area contributed by atoms with Crippen molar-refractivity contribution in [2.45, 2.75) is 46.1 Å². The van der Waals surface area contributed by atoms with Crippen molar-refractivity contribution in [1.29, 1.82) is 0 Å². The first-order valence-electron chi connectivity index (χ1n) is 5.09. The lowest BCUT2D eigenvalue weighted by molar-refractivity contribution is 0.408. The predicted octanol–water partition coefficient (Wildman–Crippen LogP) is 2.12. The lowest BCUT2D eigenvalue weighted by atomic mass is 10.0. The summed E-state index contributed by atoms with van der Waals surface area (Å²) in [4.78, 5) is 0. The van der Waals surface area contributed by atoms with Crippen LogP contribution < -0.4 is 0 Å². The number of nitrogens with zero attached hydrogens (tertiary/aromatic N) is 3. The maximum atomic E-state index is 4.17. The van der Waals surface area contributed by atoms with Gasteiger partial charge < -0.3 is 4.57 Å². The molecule has 1 aliphatic rings. The average molecular weight is 179 g/mol. The SMILES string of the molecule is Cc1nnc2n1C(CC(C)C)CC2. The van der Waals surface area contributed by atoms with Crippen LogP contribution in [0.5, 0.6) is 0 Å². The summed E-state index contributed by atoms with van der Waals surface area (Å²) in [5.74, 6) is 3.03. The van der Waals surface area contributed by atoms with Crippen molar-refractivity contribution in [2.24, 2.45) is 5.92 Å². The zero-order valence-corrected chi connectivity index (χ0v) is 8.62. The van der Waals surface area contributed by atoms with Gasteiger partial charge in [0.1, 0.15) is 11.6 Å². The summed E-state index contributed by atoms with van der Waals surface area (Å²) in [6.07, 6.45) is 3.62. The van der Waals surface area contributed by atoms with Gasteiger partial charge in [-0.05, 0) is 25.7 Å². The molecule has 0 fully saturated rings. The molecule has 1 aromatic rings. The van der Waals surface area contributed by atoms with Gasteiger partial charge in [-0.2, -0.15) is 0 Å². The molecule has 0 N–H and O–H groups in total. The maximum Gasteiger partial charge on any atom is 0.133 e. The summed E-state index contributed by atoms with van der Waals surface area (Å²) in [5, 5.41) is 8.28. The molecule has 2 heterocycles. The van der Waals surface area contributed by atoms with E-state index >= 15 is 0 Å². The third-order valence-corrected chi connectivity index (χ3v) is 2.75. The predicted molar refractivity (Wildman–Crippen MR) is 51.6 cm³/mol. The van der Waals surface area contributed by atoms with Crippen LogP contribution >= 0.6 is 0 Å². The molecule has 0 radical (unpaired) electrons. The van der Waals surface area contributed by atoms with E-state index in [0.717, 1.165) is 18.2 Å². The van der Waals surface area contributed by atoms with Gasteiger partial charge in [-0.1, -0.05) is 13.8 Å². The van der Waals surface area contributed by atoms with Gasteiger partial charge >= 0.3 is 0 Å². The minimum Gasteiger partial charge on any atom is -0.312 e. The van der Waals surface area contributed by atoms with E-state index in [-0.39, 0.29) is 0 Å². The first-order valence-corrected chi connectivity index (χ1v) is 5.09. The van der Waals surface area contributed by atoms with E-state index < -0.39 is 0 Å². The van der Waals surface area contributed by atoms with Crippen LogP contribution in [0.25, 0.3) is 0 Å². The van der Waals surface area contributed by atoms with Crippen LogP contribution in [0.2, 0.25) is 0 Å². The Morgan fingerprint density at radius 3 is 2.92 bits per heavy atom. The zero-order valence-electron chi connectivity index (χ0n) is 8.62. The molecule has 72 valence electrons. The van der Waals surface area contributed by atoms with Gasteiger partial charge in [0.2, 0.25) is 0 Å². The fourth-order valence-electron chi connectivity index (χ4n) is 2.25. The quantitative estimate of drug-likeness (QED) is 0.696. The number of aromatic nitrogens is 3. The lowest BCUT2D eigenvalue weighted by Gasteiger charge is -2.15. The number of rotatable bonds is 2. The third kappa shape index (κ3) is 1.47. The highest BCUT2D eigenvalue weighted by atomic mass is 15.3. The highest BCUT2D eigenvalue weighted by Gasteiger charge is 2.25. The van der Waals surface area contributed by atoms with Crippen LogP contribution in [0.4, 0.5) is 0 Å². The molecule has 0 aliphatic carbocycles. The van der Waals surface area contributed by atoms with Crippen LogP contribution in [0.15, 0.2) is 0 Å². The molecule has 0 amide bonds. The zero-order chi connectivity index (χ0) is 9.42. The molecule has 0 aromatic carbocycles. The monoisotopic (exact) mass is 179 g/mol. The van der Waals surface area contributed by atoms with E-state index in [4.69, 9.17) is 0 Å². The topological polar surface area (TPSA) is 30.7 Å². The lowest BCUT2D eigenvalue weighted by Crippen LogP contribution is -2.08. The summed E-state index contributed by atoms with van der Waals surface area (Å²) in [6, 6.07) is 0.657. The molecule has 1 atom stereocenters. The molecule has 0 bridgehead atoms. The second kappa shape index (κ2) is 3.13. The Bertz CT molecular complexity index is 301. The molecule has 1 aromatic heterocycles. The fourth-order valence-corrected chi connectivity index (χ4v) is 2.25. The summed E-state index contributed by atoms with van der Waals surface area (Å²) in [5.41, 5.74) is 0. The van der Waals surface area contributed by atoms with Crippen molar-refractivity contribution in [2.75, 3.05) is 0 Å². The van der Waals surface area contributed by atoms with E-state index in [0.29, 0.717) is 6.04 Å². The smallest absolute Gasteiger partial charge is 0.133 e. The summed E-state index contributed by atoms with van der Waals surface area (Å²) in [6.45, 7) is 6.60. The number of hydrogen-bond acceptors (Lipinski definition) is 2. The molecular formula is C10H17N3. The molecule has 0 saturated carbocycles. The van der Waals surface area contributed by atoms with Gasteiger partial charge in [-0.25, -0.2) is 0 Å². The van der Waals surface area contributed by atoms with Gasteiger partial charge in [-0.15, -0.1) is 10.2 Å². The highest BCUT2D eigenvalue weighted by Crippen LogP contribution is 2.30. The van der Waals surface area contributed by atoms with Crippen LogP contribution in [0, 0.1) is 12.8 Å². The van der Waals surface area contributed by atoms with E-state index in [9.17, 15) is 0 Å². The molecule has 13 heavy (non-hydrogen) atoms. The molecule has 1 unspecified atom stereocenters. The molecule has 0 spiro atoms. The van der Waals surface area contributed by atoms with Crippen molar-refractivity contribution in [1.82, 2.24) is 14.8 Å². The second-order valence-corrected chi connectivity index (χ2v) is 4.36. The van der Waals surface area contributed by atoms with E-state index in [2.05, 4.69) is 35.5 Å². The van der Waals surface area contributed by atoms with E-state index in [1.165, 1.54) is 18.7 Å². The third-order valence-electron chi connectivity index (χ3n) is 2.75. The highest BCUT2D eigenvalue weighted by molar-refractivity contribution is 5.03. The second-order valence-electron chi connectivity index (χ2n) is 4.36. The maximum absolute atomic E-state index is 4.17. The molecule has 2 rings (SSSR count). The minimum absolute atomic E-state index is 0.657. The Balaban J connectivity index is 2.21. The van der Waals surface area contributed by atoms with Gasteiger partial charge in [0.15, 0.2) is 0 Å². The van der Waals surface area contributed by atoms with Gasteiger partial charge in [0, 0.05) is 12.5 Å². The van der Waals surface area contributed by atoms with Crippen molar-refractivity contribution in [3.63, 3.8) is 0 Å². The Morgan fingerprint density at radius 1 is 1.46 bits per heavy atom. The fraction of sp³-hybridized carbons (Fsp3) is 0.800. The van der Waals surface area contributed by atoms with Crippen molar-refractivity contribution >= 4 is 0 Å².